The molecule has 2 aromatic heterocycles. The van der Waals surface area contributed by atoms with Gasteiger partial charge in [0.05, 0.1) is 35.9 Å². The topological polar surface area (TPSA) is 102 Å². The number of methoxy groups -OCH3 is 2. The molecule has 0 N–H and O–H groups in total. The first-order valence-electron chi connectivity index (χ1n) is 12.2. The zero-order chi connectivity index (χ0) is 26.7. The number of ether oxygens (including phenoxy) is 2. The second-order valence-electron chi connectivity index (χ2n) is 8.97. The Morgan fingerprint density at radius 2 is 1.76 bits per heavy atom. The highest BCUT2D eigenvalue weighted by Crippen LogP contribution is 2.34. The summed E-state index contributed by atoms with van der Waals surface area (Å²) in [5, 5.41) is 0.593. The molecule has 0 saturated carbocycles. The summed E-state index contributed by atoms with van der Waals surface area (Å²) in [7, 11) is -0.509. The van der Waals surface area contributed by atoms with Gasteiger partial charge in [0, 0.05) is 31.4 Å². The highest BCUT2D eigenvalue weighted by Gasteiger charge is 2.35. The van der Waals surface area contributed by atoms with E-state index in [0.29, 0.717) is 30.3 Å². The van der Waals surface area contributed by atoms with Crippen molar-refractivity contribution < 1.29 is 22.7 Å². The molecule has 1 fully saturated rings. The van der Waals surface area contributed by atoms with Crippen molar-refractivity contribution in [2.75, 3.05) is 32.2 Å². The molecular formula is C27H28N4O5S2. The summed E-state index contributed by atoms with van der Waals surface area (Å²) >= 11 is 1.43. The maximum Gasteiger partial charge on any atom is 0.243 e. The van der Waals surface area contributed by atoms with Gasteiger partial charge in [-0.05, 0) is 66.9 Å². The Labute approximate surface area is 225 Å². The van der Waals surface area contributed by atoms with E-state index >= 15 is 0 Å². The van der Waals surface area contributed by atoms with Gasteiger partial charge in [-0.25, -0.2) is 13.4 Å². The van der Waals surface area contributed by atoms with Crippen LogP contribution in [0.2, 0.25) is 0 Å². The smallest absolute Gasteiger partial charge is 0.243 e. The molecule has 9 nitrogen and oxygen atoms in total. The number of rotatable bonds is 8. The predicted molar refractivity (Wildman–Crippen MR) is 146 cm³/mol. The van der Waals surface area contributed by atoms with Gasteiger partial charge in [-0.15, -0.1) is 0 Å². The number of carbonyl (C=O) groups excluding carboxylic acids is 1. The van der Waals surface area contributed by atoms with Crippen molar-refractivity contribution in [1.82, 2.24) is 14.3 Å². The monoisotopic (exact) mass is 552 g/mol. The second kappa shape index (κ2) is 11.1. The van der Waals surface area contributed by atoms with Gasteiger partial charge in [-0.1, -0.05) is 17.4 Å². The lowest BCUT2D eigenvalue weighted by Gasteiger charge is -2.33. The van der Waals surface area contributed by atoms with Crippen LogP contribution >= 0.6 is 11.3 Å². The lowest BCUT2D eigenvalue weighted by Crippen LogP contribution is -2.44. The maximum absolute atomic E-state index is 13.9. The van der Waals surface area contributed by atoms with Crippen LogP contribution in [0.5, 0.6) is 11.5 Å². The van der Waals surface area contributed by atoms with E-state index in [1.807, 2.05) is 30.3 Å². The average molecular weight is 553 g/mol. The van der Waals surface area contributed by atoms with Crippen LogP contribution < -0.4 is 14.4 Å². The fourth-order valence-electron chi connectivity index (χ4n) is 4.51. The minimum atomic E-state index is -3.66. The summed E-state index contributed by atoms with van der Waals surface area (Å²) in [5.41, 5.74) is 1.67. The number of hydrogen-bond acceptors (Lipinski definition) is 8. The molecule has 2 aromatic carbocycles. The number of thiazole rings is 1. The van der Waals surface area contributed by atoms with Crippen LogP contribution in [0.4, 0.5) is 5.13 Å². The van der Waals surface area contributed by atoms with Crippen molar-refractivity contribution in [3.63, 3.8) is 0 Å². The van der Waals surface area contributed by atoms with E-state index in [4.69, 9.17) is 14.5 Å². The SMILES string of the molecule is COc1ccc(S(=O)(=O)N2CCC(C(=O)N(Cc3cccnc3)c3nc4ccc(OC)cc4s3)CC2)cc1. The molecule has 3 heterocycles. The van der Waals surface area contributed by atoms with Crippen LogP contribution in [0, 0.1) is 5.92 Å². The maximum atomic E-state index is 13.9. The van der Waals surface area contributed by atoms with Crippen molar-refractivity contribution in [3.8, 4) is 11.5 Å². The van der Waals surface area contributed by atoms with Gasteiger partial charge >= 0.3 is 0 Å². The number of benzene rings is 2. The van der Waals surface area contributed by atoms with Gasteiger partial charge in [0.15, 0.2) is 5.13 Å². The fourth-order valence-corrected chi connectivity index (χ4v) is 6.98. The molecule has 0 unspecified atom stereocenters. The first-order chi connectivity index (χ1) is 18.4. The van der Waals surface area contributed by atoms with E-state index in [1.165, 1.54) is 22.8 Å². The van der Waals surface area contributed by atoms with E-state index in [0.717, 1.165) is 21.5 Å². The van der Waals surface area contributed by atoms with Crippen molar-refractivity contribution in [1.29, 1.82) is 0 Å². The Morgan fingerprint density at radius 1 is 1.05 bits per heavy atom. The second-order valence-corrected chi connectivity index (χ2v) is 11.9. The average Bonchev–Trinajstić information content (AvgIpc) is 3.39. The number of hydrogen-bond donors (Lipinski definition) is 0. The molecule has 0 spiro atoms. The Morgan fingerprint density at radius 3 is 2.42 bits per heavy atom. The van der Waals surface area contributed by atoms with Gasteiger partial charge in [-0.2, -0.15) is 4.31 Å². The Kier molecular flexibility index (Phi) is 7.59. The Bertz CT molecular complexity index is 1520. The third kappa shape index (κ3) is 5.35. The van der Waals surface area contributed by atoms with E-state index in [2.05, 4.69) is 4.98 Å². The summed E-state index contributed by atoms with van der Waals surface area (Å²) in [6.45, 7) is 0.860. The van der Waals surface area contributed by atoms with Crippen molar-refractivity contribution >= 4 is 42.6 Å². The summed E-state index contributed by atoms with van der Waals surface area (Å²) < 4.78 is 39.2. The molecule has 0 atom stereocenters. The third-order valence-electron chi connectivity index (χ3n) is 6.65. The third-order valence-corrected chi connectivity index (χ3v) is 9.60. The number of amides is 1. The first kappa shape index (κ1) is 26.1. The van der Waals surface area contributed by atoms with Crippen molar-refractivity contribution in [2.45, 2.75) is 24.3 Å². The fraction of sp³-hybridized carbons (Fsp3) is 0.296. The quantitative estimate of drug-likeness (QED) is 0.320. The highest BCUT2D eigenvalue weighted by molar-refractivity contribution is 7.89. The van der Waals surface area contributed by atoms with Gasteiger partial charge in [-0.3, -0.25) is 14.7 Å². The van der Waals surface area contributed by atoms with Crippen molar-refractivity contribution in [2.24, 2.45) is 5.92 Å². The number of sulfonamides is 1. The number of pyridine rings is 1. The van der Waals surface area contributed by atoms with Crippen LogP contribution in [0.3, 0.4) is 0 Å². The Hall–Kier alpha value is -3.54. The molecule has 1 amide bonds. The standard InChI is InChI=1S/C27H28N4O5S2/c1-35-21-5-8-23(9-6-21)38(33,34)30-14-11-20(12-15-30)26(32)31(18-19-4-3-13-28-17-19)27-29-24-10-7-22(36-2)16-25(24)37-27/h3-10,13,16-17,20H,11-12,14-15,18H2,1-2H3. The predicted octanol–water partition coefficient (Wildman–Crippen LogP) is 4.34. The van der Waals surface area contributed by atoms with E-state index < -0.39 is 10.0 Å². The number of aromatic nitrogens is 2. The van der Waals surface area contributed by atoms with Crippen LogP contribution in [0.1, 0.15) is 18.4 Å². The van der Waals surface area contributed by atoms with Crippen LogP contribution in [0.15, 0.2) is 71.9 Å². The first-order valence-corrected chi connectivity index (χ1v) is 14.4. The minimum Gasteiger partial charge on any atom is -0.497 e. The summed E-state index contributed by atoms with van der Waals surface area (Å²) in [4.78, 5) is 24.7. The molecule has 0 aliphatic carbocycles. The lowest BCUT2D eigenvalue weighted by molar-refractivity contribution is -0.123. The molecular weight excluding hydrogens is 524 g/mol. The highest BCUT2D eigenvalue weighted by atomic mass is 32.2. The Balaban J connectivity index is 1.36. The molecule has 5 rings (SSSR count). The number of nitrogens with zero attached hydrogens (tertiary/aromatic N) is 4. The summed E-state index contributed by atoms with van der Waals surface area (Å²) in [6.07, 6.45) is 4.28. The van der Waals surface area contributed by atoms with Gasteiger partial charge in [0.2, 0.25) is 15.9 Å². The van der Waals surface area contributed by atoms with E-state index in [1.54, 1.807) is 48.7 Å². The molecule has 0 bridgehead atoms. The minimum absolute atomic E-state index is 0.0682. The zero-order valence-electron chi connectivity index (χ0n) is 21.1. The van der Waals surface area contributed by atoms with Crippen LogP contribution in [-0.2, 0) is 21.4 Å². The van der Waals surface area contributed by atoms with Crippen LogP contribution in [0.25, 0.3) is 10.2 Å². The zero-order valence-corrected chi connectivity index (χ0v) is 22.7. The van der Waals surface area contributed by atoms with E-state index in [9.17, 15) is 13.2 Å². The number of anilines is 1. The van der Waals surface area contributed by atoms with Crippen LogP contribution in [-0.4, -0.2) is 55.9 Å². The van der Waals surface area contributed by atoms with Gasteiger partial charge < -0.3 is 9.47 Å². The van der Waals surface area contributed by atoms with Gasteiger partial charge in [0.25, 0.3) is 0 Å². The van der Waals surface area contributed by atoms with Crippen molar-refractivity contribution in [3.05, 3.63) is 72.6 Å². The normalized spacial score (nSPS) is 14.9. The summed E-state index contributed by atoms with van der Waals surface area (Å²) in [6, 6.07) is 15.7. The number of carbonyl (C=O) groups is 1. The number of fused-ring (bicyclic) bond motifs is 1. The summed E-state index contributed by atoms with van der Waals surface area (Å²) in [5.74, 6) is 0.926. The molecule has 1 aliphatic rings. The molecule has 11 heteroatoms. The molecule has 4 aromatic rings. The molecule has 38 heavy (non-hydrogen) atoms. The number of piperidine rings is 1. The van der Waals surface area contributed by atoms with Gasteiger partial charge in [0.1, 0.15) is 11.5 Å². The lowest BCUT2D eigenvalue weighted by atomic mass is 9.96. The molecule has 1 saturated heterocycles. The molecule has 0 radical (unpaired) electrons. The molecule has 198 valence electrons. The largest absolute Gasteiger partial charge is 0.497 e. The van der Waals surface area contributed by atoms with E-state index in [-0.39, 0.29) is 29.8 Å². The molecule has 1 aliphatic heterocycles.